The van der Waals surface area contributed by atoms with Gasteiger partial charge in [0.1, 0.15) is 0 Å². The highest BCUT2D eigenvalue weighted by Gasteiger charge is 2.35. The highest BCUT2D eigenvalue weighted by Crippen LogP contribution is 2.29. The molecule has 0 aliphatic carbocycles. The van der Waals surface area contributed by atoms with Gasteiger partial charge in [-0.05, 0) is 25.0 Å². The van der Waals surface area contributed by atoms with Crippen LogP contribution in [0.3, 0.4) is 0 Å². The summed E-state index contributed by atoms with van der Waals surface area (Å²) in [5.41, 5.74) is 1.18. The first kappa shape index (κ1) is 17.6. The number of piperidine rings is 1. The van der Waals surface area contributed by atoms with Gasteiger partial charge in [-0.15, -0.1) is 0 Å². The summed E-state index contributed by atoms with van der Waals surface area (Å²) in [5.74, 6) is 0.856. The zero-order valence-corrected chi connectivity index (χ0v) is 15.6. The maximum atomic E-state index is 12.0. The van der Waals surface area contributed by atoms with Crippen LogP contribution in [-0.4, -0.2) is 83.1 Å². The molecular weight excluding hydrogens is 322 g/mol. The molecule has 0 radical (unpaired) electrons. The molecule has 2 bridgehead atoms. The Hall–Kier alpha value is -1.18. The summed E-state index contributed by atoms with van der Waals surface area (Å²) in [6.07, 6.45) is 8.39. The number of nitrogens with zero attached hydrogens (tertiary/aromatic N) is 5. The van der Waals surface area contributed by atoms with Crippen LogP contribution in [0.15, 0.2) is 17.6 Å². The maximum absolute atomic E-state index is 12.0. The van der Waals surface area contributed by atoms with Gasteiger partial charge in [0, 0.05) is 64.3 Å². The fourth-order valence-electron chi connectivity index (χ4n) is 3.70. The van der Waals surface area contributed by atoms with E-state index in [-0.39, 0.29) is 5.91 Å². The maximum Gasteiger partial charge on any atom is 0.236 e. The highest BCUT2D eigenvalue weighted by molar-refractivity contribution is 7.98. The normalized spacial score (nSPS) is 24.8. The summed E-state index contributed by atoms with van der Waals surface area (Å²) in [7, 11) is 3.67. The Morgan fingerprint density at radius 2 is 2.00 bits per heavy atom. The van der Waals surface area contributed by atoms with Crippen molar-refractivity contribution >= 4 is 17.7 Å². The molecule has 3 saturated heterocycles. The highest BCUT2D eigenvalue weighted by atomic mass is 32.2. The first-order valence-electron chi connectivity index (χ1n) is 8.56. The number of thioether (sulfide) groups is 1. The fourth-order valence-corrected chi connectivity index (χ4v) is 4.01. The third-order valence-corrected chi connectivity index (χ3v) is 5.59. The van der Waals surface area contributed by atoms with E-state index >= 15 is 0 Å². The molecular formula is C17H27N5OS. The van der Waals surface area contributed by atoms with E-state index in [9.17, 15) is 4.79 Å². The van der Waals surface area contributed by atoms with Crippen LogP contribution >= 0.6 is 11.8 Å². The van der Waals surface area contributed by atoms with Gasteiger partial charge >= 0.3 is 0 Å². The average Bonchev–Trinajstić information content (AvgIpc) is 2.86. The topological polar surface area (TPSA) is 52.6 Å². The van der Waals surface area contributed by atoms with E-state index in [4.69, 9.17) is 0 Å². The van der Waals surface area contributed by atoms with E-state index in [2.05, 4.69) is 19.8 Å². The second-order valence-corrected chi connectivity index (χ2v) is 7.86. The molecule has 0 saturated carbocycles. The van der Waals surface area contributed by atoms with E-state index in [1.165, 1.54) is 18.4 Å². The van der Waals surface area contributed by atoms with Crippen molar-refractivity contribution in [3.8, 4) is 0 Å². The molecule has 0 aromatic carbocycles. The molecule has 1 aromatic heterocycles. The molecule has 7 heteroatoms. The van der Waals surface area contributed by atoms with Crippen molar-refractivity contribution in [2.45, 2.75) is 30.6 Å². The summed E-state index contributed by atoms with van der Waals surface area (Å²) in [5, 5.41) is 0.824. The van der Waals surface area contributed by atoms with Gasteiger partial charge in [0.05, 0.1) is 6.54 Å². The van der Waals surface area contributed by atoms with Gasteiger partial charge in [-0.25, -0.2) is 9.97 Å². The Kier molecular flexibility index (Phi) is 5.73. The average molecular weight is 350 g/mol. The summed E-state index contributed by atoms with van der Waals surface area (Å²) in [4.78, 5) is 27.4. The lowest BCUT2D eigenvalue weighted by atomic mass is 9.95. The summed E-state index contributed by atoms with van der Waals surface area (Å²) >= 11 is 1.57. The van der Waals surface area contributed by atoms with Gasteiger partial charge in [0.2, 0.25) is 5.91 Å². The van der Waals surface area contributed by atoms with Gasteiger partial charge in [-0.2, -0.15) is 0 Å². The Bertz CT molecular complexity index is 565. The molecule has 6 nitrogen and oxygen atoms in total. The lowest BCUT2D eigenvalue weighted by Gasteiger charge is -2.36. The number of aromatic nitrogens is 2. The molecule has 4 rings (SSSR count). The van der Waals surface area contributed by atoms with Crippen LogP contribution in [0.2, 0.25) is 0 Å². The Morgan fingerprint density at radius 3 is 2.67 bits per heavy atom. The molecule has 0 spiro atoms. The van der Waals surface area contributed by atoms with Gasteiger partial charge in [-0.1, -0.05) is 11.8 Å². The second-order valence-electron chi connectivity index (χ2n) is 7.09. The van der Waals surface area contributed by atoms with E-state index in [1.807, 2.05) is 32.7 Å². The minimum atomic E-state index is 0.198. The number of carbonyl (C=O) groups is 1. The van der Waals surface area contributed by atoms with Crippen LogP contribution in [0.5, 0.6) is 0 Å². The zero-order chi connectivity index (χ0) is 17.1. The molecule has 0 unspecified atom stereocenters. The van der Waals surface area contributed by atoms with Crippen LogP contribution < -0.4 is 0 Å². The van der Waals surface area contributed by atoms with Gasteiger partial charge in [0.15, 0.2) is 5.16 Å². The lowest BCUT2D eigenvalue weighted by Crippen LogP contribution is -2.44. The number of hydrogen-bond acceptors (Lipinski definition) is 6. The molecule has 3 aliphatic rings. The number of fused-ring (bicyclic) bond motifs is 4. The molecule has 3 aliphatic heterocycles. The zero-order valence-electron chi connectivity index (χ0n) is 14.8. The molecule has 1 amide bonds. The van der Waals surface area contributed by atoms with Crippen molar-refractivity contribution in [2.75, 3.05) is 46.5 Å². The number of carbonyl (C=O) groups excluding carboxylic acids is 1. The molecule has 3 fully saturated rings. The summed E-state index contributed by atoms with van der Waals surface area (Å²) < 4.78 is 0. The Labute approximate surface area is 148 Å². The van der Waals surface area contributed by atoms with Crippen LogP contribution in [0, 0.1) is 5.92 Å². The van der Waals surface area contributed by atoms with Crippen molar-refractivity contribution < 1.29 is 4.79 Å². The lowest BCUT2D eigenvalue weighted by molar-refractivity contribution is -0.130. The third kappa shape index (κ3) is 4.26. The fraction of sp³-hybridized carbons (Fsp3) is 0.706. The van der Waals surface area contributed by atoms with Crippen LogP contribution in [-0.2, 0) is 11.3 Å². The molecule has 2 atom stereocenters. The number of rotatable bonds is 5. The Morgan fingerprint density at radius 1 is 1.25 bits per heavy atom. The van der Waals surface area contributed by atoms with E-state index < -0.39 is 0 Å². The quantitative estimate of drug-likeness (QED) is 0.588. The summed E-state index contributed by atoms with van der Waals surface area (Å²) in [6.45, 7) is 4.58. The van der Waals surface area contributed by atoms with Crippen LogP contribution in [0.25, 0.3) is 0 Å². The molecule has 1 aromatic rings. The number of amides is 1. The molecule has 4 heterocycles. The minimum Gasteiger partial charge on any atom is -0.348 e. The smallest absolute Gasteiger partial charge is 0.236 e. The largest absolute Gasteiger partial charge is 0.348 e. The summed E-state index contributed by atoms with van der Waals surface area (Å²) in [6, 6.07) is 0.527. The second kappa shape index (κ2) is 7.80. The van der Waals surface area contributed by atoms with Crippen molar-refractivity contribution in [2.24, 2.45) is 5.92 Å². The predicted molar refractivity (Wildman–Crippen MR) is 95.9 cm³/mol. The van der Waals surface area contributed by atoms with Crippen LogP contribution in [0.4, 0.5) is 0 Å². The molecule has 0 N–H and O–H groups in total. The van der Waals surface area contributed by atoms with E-state index in [0.29, 0.717) is 18.5 Å². The van der Waals surface area contributed by atoms with Gasteiger partial charge in [0.25, 0.3) is 0 Å². The van der Waals surface area contributed by atoms with Crippen molar-refractivity contribution in [1.29, 1.82) is 0 Å². The third-order valence-electron chi connectivity index (χ3n) is 5.01. The molecule has 132 valence electrons. The van der Waals surface area contributed by atoms with Crippen molar-refractivity contribution in [3.63, 3.8) is 0 Å². The minimum absolute atomic E-state index is 0.198. The predicted octanol–water partition coefficient (Wildman–Crippen LogP) is 1.18. The number of likely N-dealkylation sites (N-methyl/N-ethyl adjacent to an activating group) is 1. The van der Waals surface area contributed by atoms with Crippen molar-refractivity contribution in [1.82, 2.24) is 24.7 Å². The van der Waals surface area contributed by atoms with Gasteiger partial charge < -0.3 is 4.90 Å². The Balaban J connectivity index is 1.63. The SMILES string of the molecule is CSc1ncc(CN2C[C@H]3CC[C@@H]2CN(CC(=O)N(C)C)C3)cn1. The standard InChI is InChI=1S/C17H27N5OS/c1-20(2)16(23)12-21-8-13-4-5-15(11-21)22(9-13)10-14-6-18-17(24-3)19-7-14/h6-7,13,15H,4-5,8-12H2,1-3H3/t13-,15+/m0/s1. The van der Waals surface area contributed by atoms with E-state index in [0.717, 1.165) is 31.3 Å². The van der Waals surface area contributed by atoms with E-state index in [1.54, 1.807) is 16.7 Å². The number of hydrogen-bond donors (Lipinski definition) is 0. The first-order chi connectivity index (χ1) is 11.5. The van der Waals surface area contributed by atoms with Crippen molar-refractivity contribution in [3.05, 3.63) is 18.0 Å². The first-order valence-corrected chi connectivity index (χ1v) is 9.79. The van der Waals surface area contributed by atoms with Crippen LogP contribution in [0.1, 0.15) is 18.4 Å². The monoisotopic (exact) mass is 349 g/mol. The molecule has 24 heavy (non-hydrogen) atoms. The van der Waals surface area contributed by atoms with Gasteiger partial charge in [-0.3, -0.25) is 14.6 Å².